The van der Waals surface area contributed by atoms with E-state index < -0.39 is 5.97 Å². The van der Waals surface area contributed by atoms with Gasteiger partial charge in [-0.1, -0.05) is 6.07 Å². The van der Waals surface area contributed by atoms with Crippen LogP contribution in [0.25, 0.3) is 0 Å². The van der Waals surface area contributed by atoms with Crippen LogP contribution in [0.2, 0.25) is 0 Å². The number of halogens is 2. The molecule has 1 aromatic rings. The number of carboxylic acids is 1. The van der Waals surface area contributed by atoms with Gasteiger partial charge in [-0.05, 0) is 24.6 Å². The topological polar surface area (TPSA) is 40.5 Å². The van der Waals surface area contributed by atoms with Crippen LogP contribution in [0.3, 0.4) is 0 Å². The molecular formula is C12H15Cl2NO2. The largest absolute Gasteiger partial charge is 0.478 e. The zero-order valence-electron chi connectivity index (χ0n) is 9.62. The first kappa shape index (κ1) is 14.1. The lowest BCUT2D eigenvalue weighted by atomic mass is 10.1. The summed E-state index contributed by atoms with van der Waals surface area (Å²) in [6, 6.07) is 5.23. The van der Waals surface area contributed by atoms with Crippen LogP contribution in [0.15, 0.2) is 18.2 Å². The molecule has 1 aromatic carbocycles. The predicted molar refractivity (Wildman–Crippen MR) is 71.8 cm³/mol. The Hall–Kier alpha value is -0.930. The third-order valence-corrected chi connectivity index (χ3v) is 2.92. The SMILES string of the molecule is Cc1c(C(=O)O)cccc1N(CCCl)CCCl. The number of rotatable bonds is 6. The summed E-state index contributed by atoms with van der Waals surface area (Å²) in [5, 5.41) is 9.06. The van der Waals surface area contributed by atoms with Crippen molar-refractivity contribution in [3.05, 3.63) is 29.3 Å². The zero-order valence-corrected chi connectivity index (χ0v) is 11.1. The van der Waals surface area contributed by atoms with Gasteiger partial charge in [-0.2, -0.15) is 0 Å². The van der Waals surface area contributed by atoms with Gasteiger partial charge >= 0.3 is 5.97 Å². The van der Waals surface area contributed by atoms with Gasteiger partial charge in [-0.25, -0.2) is 4.79 Å². The molecule has 0 aromatic heterocycles. The Bertz CT molecular complexity index is 390. The highest BCUT2D eigenvalue weighted by Gasteiger charge is 2.14. The van der Waals surface area contributed by atoms with Gasteiger partial charge in [0.25, 0.3) is 0 Å². The summed E-state index contributed by atoms with van der Waals surface area (Å²) in [6.07, 6.45) is 0. The molecule has 3 nitrogen and oxygen atoms in total. The molecule has 0 saturated heterocycles. The van der Waals surface area contributed by atoms with Gasteiger partial charge in [0.2, 0.25) is 0 Å². The summed E-state index contributed by atoms with van der Waals surface area (Å²) >= 11 is 11.5. The van der Waals surface area contributed by atoms with E-state index >= 15 is 0 Å². The Morgan fingerprint density at radius 3 is 2.35 bits per heavy atom. The molecule has 0 radical (unpaired) electrons. The van der Waals surface area contributed by atoms with E-state index in [1.807, 2.05) is 11.0 Å². The number of alkyl halides is 2. The van der Waals surface area contributed by atoms with E-state index in [9.17, 15) is 4.79 Å². The number of benzene rings is 1. The number of hydrogen-bond donors (Lipinski definition) is 1. The Morgan fingerprint density at radius 1 is 1.29 bits per heavy atom. The van der Waals surface area contributed by atoms with Crippen molar-refractivity contribution in [1.29, 1.82) is 0 Å². The number of carboxylic acid groups (broad SMARTS) is 1. The van der Waals surface area contributed by atoms with Crippen LogP contribution in [-0.4, -0.2) is 35.9 Å². The molecule has 1 N–H and O–H groups in total. The summed E-state index contributed by atoms with van der Waals surface area (Å²) in [4.78, 5) is 13.0. The van der Waals surface area contributed by atoms with Gasteiger partial charge in [0.05, 0.1) is 5.56 Å². The van der Waals surface area contributed by atoms with E-state index in [1.165, 1.54) is 0 Å². The van der Waals surface area contributed by atoms with E-state index in [4.69, 9.17) is 28.3 Å². The van der Waals surface area contributed by atoms with Gasteiger partial charge in [-0.3, -0.25) is 0 Å². The minimum Gasteiger partial charge on any atom is -0.478 e. The highest BCUT2D eigenvalue weighted by atomic mass is 35.5. The fourth-order valence-electron chi connectivity index (χ4n) is 1.75. The van der Waals surface area contributed by atoms with Crippen LogP contribution in [0.5, 0.6) is 0 Å². The van der Waals surface area contributed by atoms with E-state index in [1.54, 1.807) is 19.1 Å². The molecule has 17 heavy (non-hydrogen) atoms. The maximum atomic E-state index is 11.0. The van der Waals surface area contributed by atoms with Crippen LogP contribution >= 0.6 is 23.2 Å². The average molecular weight is 276 g/mol. The Labute approximate surface area is 111 Å². The fourth-order valence-corrected chi connectivity index (χ4v) is 2.16. The van der Waals surface area contributed by atoms with Crippen molar-refractivity contribution in [2.75, 3.05) is 29.7 Å². The Kier molecular flexibility index (Phi) is 5.59. The van der Waals surface area contributed by atoms with Crippen molar-refractivity contribution < 1.29 is 9.90 Å². The average Bonchev–Trinajstić information content (AvgIpc) is 2.29. The lowest BCUT2D eigenvalue weighted by Crippen LogP contribution is -2.28. The molecule has 0 spiro atoms. The summed E-state index contributed by atoms with van der Waals surface area (Å²) in [7, 11) is 0. The van der Waals surface area contributed by atoms with Crippen molar-refractivity contribution in [1.82, 2.24) is 0 Å². The number of carbonyl (C=O) groups is 1. The standard InChI is InChI=1S/C12H15Cl2NO2/c1-9-10(12(16)17)3-2-4-11(9)15(7-5-13)8-6-14/h2-4H,5-8H2,1H3,(H,16,17). The van der Waals surface area contributed by atoms with Crippen LogP contribution in [0, 0.1) is 6.92 Å². The fraction of sp³-hybridized carbons (Fsp3) is 0.417. The van der Waals surface area contributed by atoms with Gasteiger partial charge in [0.1, 0.15) is 0 Å². The molecule has 5 heteroatoms. The summed E-state index contributed by atoms with van der Waals surface area (Å²) in [6.45, 7) is 3.10. The first-order chi connectivity index (χ1) is 8.11. The molecule has 0 amide bonds. The zero-order chi connectivity index (χ0) is 12.8. The first-order valence-electron chi connectivity index (χ1n) is 5.31. The second-order valence-electron chi connectivity index (χ2n) is 3.62. The van der Waals surface area contributed by atoms with Crippen LogP contribution < -0.4 is 4.90 Å². The van der Waals surface area contributed by atoms with Crippen molar-refractivity contribution in [2.24, 2.45) is 0 Å². The lowest BCUT2D eigenvalue weighted by Gasteiger charge is -2.25. The summed E-state index contributed by atoms with van der Waals surface area (Å²) in [5.74, 6) is 0.0439. The number of anilines is 1. The van der Waals surface area contributed by atoms with Gasteiger partial charge in [0, 0.05) is 30.5 Å². The maximum absolute atomic E-state index is 11.0. The molecule has 0 saturated carbocycles. The van der Waals surface area contributed by atoms with Crippen molar-refractivity contribution in [3.8, 4) is 0 Å². The van der Waals surface area contributed by atoms with Crippen LogP contribution in [0.4, 0.5) is 5.69 Å². The molecule has 0 heterocycles. The van der Waals surface area contributed by atoms with Crippen LogP contribution in [-0.2, 0) is 0 Å². The van der Waals surface area contributed by atoms with Crippen LogP contribution in [0.1, 0.15) is 15.9 Å². The van der Waals surface area contributed by atoms with E-state index in [0.717, 1.165) is 11.3 Å². The highest BCUT2D eigenvalue weighted by molar-refractivity contribution is 6.18. The number of hydrogen-bond acceptors (Lipinski definition) is 2. The monoisotopic (exact) mass is 275 g/mol. The van der Waals surface area contributed by atoms with Gasteiger partial charge in [0.15, 0.2) is 0 Å². The molecular weight excluding hydrogens is 261 g/mol. The highest BCUT2D eigenvalue weighted by Crippen LogP contribution is 2.23. The quantitative estimate of drug-likeness (QED) is 0.812. The van der Waals surface area contributed by atoms with Gasteiger partial charge < -0.3 is 10.0 Å². The molecule has 0 unspecified atom stereocenters. The minimum atomic E-state index is -0.916. The number of aromatic carboxylic acids is 1. The first-order valence-corrected chi connectivity index (χ1v) is 6.38. The summed E-state index contributed by atoms with van der Waals surface area (Å²) in [5.41, 5.74) is 1.94. The third kappa shape index (κ3) is 3.51. The van der Waals surface area contributed by atoms with E-state index in [2.05, 4.69) is 0 Å². The molecule has 0 aliphatic rings. The number of nitrogens with zero attached hydrogens (tertiary/aromatic N) is 1. The Balaban J connectivity index is 3.10. The maximum Gasteiger partial charge on any atom is 0.336 e. The molecule has 0 fully saturated rings. The molecule has 1 rings (SSSR count). The predicted octanol–water partition coefficient (Wildman–Crippen LogP) is 2.98. The van der Waals surface area contributed by atoms with Crippen molar-refractivity contribution in [2.45, 2.75) is 6.92 Å². The molecule has 0 aliphatic heterocycles. The second kappa shape index (κ2) is 6.72. The van der Waals surface area contributed by atoms with E-state index in [-0.39, 0.29) is 0 Å². The summed E-state index contributed by atoms with van der Waals surface area (Å²) < 4.78 is 0. The molecule has 0 atom stereocenters. The molecule has 94 valence electrons. The second-order valence-corrected chi connectivity index (χ2v) is 4.38. The smallest absolute Gasteiger partial charge is 0.336 e. The molecule has 0 bridgehead atoms. The van der Waals surface area contributed by atoms with Gasteiger partial charge in [-0.15, -0.1) is 23.2 Å². The molecule has 0 aliphatic carbocycles. The van der Waals surface area contributed by atoms with E-state index in [0.29, 0.717) is 30.4 Å². The Morgan fingerprint density at radius 2 is 1.88 bits per heavy atom. The lowest BCUT2D eigenvalue weighted by molar-refractivity contribution is 0.0696. The third-order valence-electron chi connectivity index (χ3n) is 2.59. The minimum absolute atomic E-state index is 0.316. The van der Waals surface area contributed by atoms with Crippen molar-refractivity contribution >= 4 is 34.9 Å². The van der Waals surface area contributed by atoms with Crippen molar-refractivity contribution in [3.63, 3.8) is 0 Å². The normalized spacial score (nSPS) is 10.3.